The molecule has 7 rings (SSSR count). The van der Waals surface area contributed by atoms with E-state index in [1.807, 2.05) is 27.7 Å². The van der Waals surface area contributed by atoms with Crippen LogP contribution in [0.4, 0.5) is 10.5 Å². The van der Waals surface area contributed by atoms with Gasteiger partial charge in [0.25, 0.3) is 11.2 Å². The highest BCUT2D eigenvalue weighted by Crippen LogP contribution is 2.44. The third kappa shape index (κ3) is 7.55. The number of carbonyl (C=O) groups excluding carboxylic acids is 4. The summed E-state index contributed by atoms with van der Waals surface area (Å²) in [6.07, 6.45) is -2.65. The number of nitro groups is 1. The molecule has 5 heterocycles. The number of benzene rings is 2. The van der Waals surface area contributed by atoms with Gasteiger partial charge in [-0.2, -0.15) is 0 Å². The molecule has 2 aromatic carbocycles. The van der Waals surface area contributed by atoms with Gasteiger partial charge in [0, 0.05) is 28.5 Å². The third-order valence-electron chi connectivity index (χ3n) is 11.9. The van der Waals surface area contributed by atoms with Crippen molar-refractivity contribution in [3.63, 3.8) is 0 Å². The van der Waals surface area contributed by atoms with Crippen LogP contribution in [0.2, 0.25) is 0 Å². The molecule has 17 heteroatoms. The van der Waals surface area contributed by atoms with Crippen molar-refractivity contribution in [2.45, 2.75) is 105 Å². The van der Waals surface area contributed by atoms with Crippen LogP contribution >= 0.6 is 0 Å². The molecule has 6 atom stereocenters. The Balaban J connectivity index is 1.27. The van der Waals surface area contributed by atoms with Crippen LogP contribution in [0.25, 0.3) is 22.3 Å². The van der Waals surface area contributed by atoms with E-state index in [0.717, 1.165) is 29.3 Å². The van der Waals surface area contributed by atoms with Crippen molar-refractivity contribution in [3.05, 3.63) is 90.7 Å². The molecular weight excluding hydrogens is 794 g/mol. The summed E-state index contributed by atoms with van der Waals surface area (Å²) in [5.74, 6) is -3.45. The highest BCUT2D eigenvalue weighted by Gasteiger charge is 2.51. The second-order valence-electron chi connectivity index (χ2n) is 16.6. The number of pyridine rings is 2. The molecule has 0 spiro atoms. The lowest BCUT2D eigenvalue weighted by atomic mass is 9.79. The van der Waals surface area contributed by atoms with Crippen molar-refractivity contribution >= 4 is 40.7 Å². The maximum absolute atomic E-state index is 14.4. The largest absolute Gasteiger partial charge is 0.514 e. The highest BCUT2D eigenvalue weighted by molar-refractivity contribution is 5.96. The summed E-state index contributed by atoms with van der Waals surface area (Å²) in [7, 11) is 1.23. The van der Waals surface area contributed by atoms with E-state index in [9.17, 15) is 34.1 Å². The van der Waals surface area contributed by atoms with Crippen molar-refractivity contribution < 1.29 is 57.3 Å². The average molecular weight is 842 g/mol. The average Bonchev–Trinajstić information content (AvgIpc) is 3.58. The number of aryl methyl sites for hydroxylation is 1. The van der Waals surface area contributed by atoms with E-state index in [-0.39, 0.29) is 65.5 Å². The molecule has 0 amide bonds. The summed E-state index contributed by atoms with van der Waals surface area (Å²) in [6, 6.07) is 9.89. The lowest BCUT2D eigenvalue weighted by Gasteiger charge is -2.42. The fraction of sp³-hybridized carbons (Fsp3) is 0.455. The van der Waals surface area contributed by atoms with Gasteiger partial charge in [-0.25, -0.2) is 24.2 Å². The lowest BCUT2D eigenvalue weighted by Crippen LogP contribution is -2.50. The predicted molar refractivity (Wildman–Crippen MR) is 216 cm³/mol. The van der Waals surface area contributed by atoms with Crippen LogP contribution in [0, 0.1) is 27.9 Å². The SMILES string of the molecule is CCc1c2c(nc3ccc(OC(=O)OC(C)(C)C)cc13)-c1cc3c(c(=O)n1C2)COC(=O)[C@@]3(CC)OC(=O)c1ccc([N+](=O)[O-])cc1O[C@@H]1O[C@H](C(=O)OC)[C@@H](C)[C@H](C)[C@H]1C. The number of methoxy groups -OCH3 is 1. The molecule has 1 saturated heterocycles. The van der Waals surface area contributed by atoms with Crippen molar-refractivity contribution in [3.8, 4) is 22.9 Å². The first-order chi connectivity index (χ1) is 28.8. The Morgan fingerprint density at radius 1 is 1.00 bits per heavy atom. The zero-order valence-corrected chi connectivity index (χ0v) is 35.3. The smallest absolute Gasteiger partial charge is 0.467 e. The van der Waals surface area contributed by atoms with Crippen molar-refractivity contribution in [2.75, 3.05) is 7.11 Å². The zero-order valence-electron chi connectivity index (χ0n) is 35.3. The number of esters is 3. The van der Waals surface area contributed by atoms with Gasteiger partial charge in [-0.05, 0) is 81.3 Å². The maximum Gasteiger partial charge on any atom is 0.514 e. The van der Waals surface area contributed by atoms with E-state index in [1.165, 1.54) is 11.7 Å². The summed E-state index contributed by atoms with van der Waals surface area (Å²) < 4.78 is 41.1. The number of hydrogen-bond donors (Lipinski definition) is 0. The second-order valence-corrected chi connectivity index (χ2v) is 16.6. The molecule has 17 nitrogen and oxygen atoms in total. The fourth-order valence-corrected chi connectivity index (χ4v) is 8.28. The van der Waals surface area contributed by atoms with Crippen LogP contribution in [-0.4, -0.2) is 63.6 Å². The second kappa shape index (κ2) is 15.9. The quantitative estimate of drug-likeness (QED) is 0.0485. The number of cyclic esters (lactones) is 1. The van der Waals surface area contributed by atoms with Gasteiger partial charge in [-0.15, -0.1) is 0 Å². The number of hydrogen-bond acceptors (Lipinski definition) is 15. The fourth-order valence-electron chi connectivity index (χ4n) is 8.28. The summed E-state index contributed by atoms with van der Waals surface area (Å²) in [5, 5.41) is 12.6. The Morgan fingerprint density at radius 2 is 1.74 bits per heavy atom. The van der Waals surface area contributed by atoms with Gasteiger partial charge in [-0.3, -0.25) is 14.9 Å². The molecule has 61 heavy (non-hydrogen) atoms. The number of nitrogens with zero attached hydrogens (tertiary/aromatic N) is 3. The van der Waals surface area contributed by atoms with Gasteiger partial charge < -0.3 is 37.7 Å². The van der Waals surface area contributed by atoms with Crippen molar-refractivity contribution in [1.82, 2.24) is 9.55 Å². The normalized spacial score (nSPS) is 22.9. The van der Waals surface area contributed by atoms with Gasteiger partial charge in [0.15, 0.2) is 6.10 Å². The van der Waals surface area contributed by atoms with E-state index in [0.29, 0.717) is 28.7 Å². The number of carbonyl (C=O) groups is 4. The number of fused-ring (bicyclic) bond motifs is 5. The number of nitro benzene ring substituents is 1. The van der Waals surface area contributed by atoms with Crippen LogP contribution < -0.4 is 15.0 Å². The van der Waals surface area contributed by atoms with E-state index in [4.69, 9.17) is 38.1 Å². The zero-order chi connectivity index (χ0) is 44.3. The molecule has 0 saturated carbocycles. The molecule has 0 aliphatic carbocycles. The number of non-ortho nitro benzene ring substituents is 1. The molecule has 0 bridgehead atoms. The standard InChI is InChI=1S/C44H47N3O14/c1-10-26-28-17-25(57-42(52)61-43(6,7)8)13-15-32(28)45-35-29(26)19-46-33(35)18-31-30(37(46)48)20-56-41(51)44(31,11-2)60-38(49)27-14-12-24(47(53)54)16-34(27)58-40-23(5)21(3)22(4)36(59-40)39(50)55-9/h12-18,21-23,36,40H,10-11,19-20H2,1-9H3/t21-,22-,23+,36-,40+,44-/m0/s1. The van der Waals surface area contributed by atoms with Gasteiger partial charge in [0.2, 0.25) is 11.9 Å². The minimum Gasteiger partial charge on any atom is -0.467 e. The Kier molecular flexibility index (Phi) is 11.2. The molecule has 322 valence electrons. The summed E-state index contributed by atoms with van der Waals surface area (Å²) in [5.41, 5.74) is -0.795. The molecule has 3 aliphatic heterocycles. The van der Waals surface area contributed by atoms with Crippen LogP contribution in [0.5, 0.6) is 11.5 Å². The molecule has 0 radical (unpaired) electrons. The minimum absolute atomic E-state index is 0.100. The van der Waals surface area contributed by atoms with Gasteiger partial charge >= 0.3 is 24.1 Å². The first kappa shape index (κ1) is 42.8. The summed E-state index contributed by atoms with van der Waals surface area (Å²) >= 11 is 0. The number of aromatic nitrogens is 2. The Bertz CT molecular complexity index is 2560. The Labute approximate surface area is 350 Å². The minimum atomic E-state index is -2.13. The molecular formula is C44H47N3O14. The first-order valence-electron chi connectivity index (χ1n) is 20.0. The molecule has 4 aromatic rings. The molecule has 0 unspecified atom stereocenters. The Morgan fingerprint density at radius 3 is 2.39 bits per heavy atom. The van der Waals surface area contributed by atoms with Gasteiger partial charge in [-0.1, -0.05) is 34.6 Å². The van der Waals surface area contributed by atoms with E-state index < -0.39 is 63.8 Å². The summed E-state index contributed by atoms with van der Waals surface area (Å²) in [6.45, 7) is 14.1. The molecule has 1 fully saturated rings. The number of ether oxygens (including phenoxy) is 7. The molecule has 0 N–H and O–H groups in total. The van der Waals surface area contributed by atoms with Crippen molar-refractivity contribution in [1.29, 1.82) is 0 Å². The Hall–Kier alpha value is -6.36. The van der Waals surface area contributed by atoms with Gasteiger partial charge in [0.05, 0.1) is 47.1 Å². The first-order valence-corrected chi connectivity index (χ1v) is 20.0. The van der Waals surface area contributed by atoms with E-state index in [2.05, 4.69) is 0 Å². The van der Waals surface area contributed by atoms with Crippen LogP contribution in [-0.2, 0) is 58.4 Å². The maximum atomic E-state index is 14.4. The van der Waals surface area contributed by atoms with Crippen molar-refractivity contribution in [2.24, 2.45) is 17.8 Å². The summed E-state index contributed by atoms with van der Waals surface area (Å²) in [4.78, 5) is 84.0. The predicted octanol–water partition coefficient (Wildman–Crippen LogP) is 6.91. The lowest BCUT2D eigenvalue weighted by molar-refractivity contribution is -0.385. The molecule has 3 aliphatic rings. The topological polar surface area (TPSA) is 211 Å². The van der Waals surface area contributed by atoms with E-state index >= 15 is 0 Å². The number of rotatable bonds is 9. The molecule has 2 aromatic heterocycles. The highest BCUT2D eigenvalue weighted by atomic mass is 16.7. The van der Waals surface area contributed by atoms with Gasteiger partial charge in [0.1, 0.15) is 29.3 Å². The van der Waals surface area contributed by atoms with E-state index in [1.54, 1.807) is 52.0 Å². The monoisotopic (exact) mass is 841 g/mol. The third-order valence-corrected chi connectivity index (χ3v) is 11.9. The van der Waals surface area contributed by atoms with Crippen LogP contribution in [0.3, 0.4) is 0 Å². The van der Waals surface area contributed by atoms with Crippen LogP contribution in [0.15, 0.2) is 47.3 Å². The van der Waals surface area contributed by atoms with Crippen LogP contribution in [0.1, 0.15) is 94.4 Å².